The van der Waals surface area contributed by atoms with Gasteiger partial charge in [-0.25, -0.2) is 0 Å². The molecule has 0 aliphatic carbocycles. The fraction of sp³-hybridized carbons (Fsp3) is 0.294. The summed E-state index contributed by atoms with van der Waals surface area (Å²) in [5, 5.41) is 3.37. The molecule has 4 heteroatoms. The molecular weight excluding hydrogens is 330 g/mol. The monoisotopic (exact) mass is 347 g/mol. The number of fused-ring (bicyclic) bond motifs is 1. The average molecular weight is 348 g/mol. The number of nitrogens with one attached hydrogen (secondary N) is 1. The zero-order valence-corrected chi connectivity index (χ0v) is 13.7. The highest BCUT2D eigenvalue weighted by Gasteiger charge is 2.32. The highest BCUT2D eigenvalue weighted by Crippen LogP contribution is 2.37. The first kappa shape index (κ1) is 14.4. The third-order valence-corrected chi connectivity index (χ3v) is 4.37. The minimum Gasteiger partial charge on any atom is -0.496 e. The first-order chi connectivity index (χ1) is 10.2. The van der Waals surface area contributed by atoms with Gasteiger partial charge in [0, 0.05) is 16.5 Å². The van der Waals surface area contributed by atoms with Crippen LogP contribution in [0.2, 0.25) is 0 Å². The average Bonchev–Trinajstić information content (AvgIpc) is 2.92. The van der Waals surface area contributed by atoms with Crippen LogP contribution in [0.1, 0.15) is 17.2 Å². The molecule has 2 unspecified atom stereocenters. The van der Waals surface area contributed by atoms with Gasteiger partial charge in [0.25, 0.3) is 0 Å². The van der Waals surface area contributed by atoms with Gasteiger partial charge >= 0.3 is 0 Å². The van der Waals surface area contributed by atoms with Gasteiger partial charge in [0.1, 0.15) is 17.6 Å². The van der Waals surface area contributed by atoms with Crippen molar-refractivity contribution in [3.8, 4) is 11.5 Å². The smallest absolute Gasteiger partial charge is 0.123 e. The summed E-state index contributed by atoms with van der Waals surface area (Å²) in [6.07, 6.45) is 0.966. The zero-order chi connectivity index (χ0) is 14.8. The standard InChI is InChI=1S/C17H18BrNO2/c1-19-17(13-10-12(18)7-8-15(13)20-2)16-9-11-5-3-4-6-14(11)21-16/h3-8,10,16-17,19H,9H2,1-2H3. The number of halogens is 1. The Kier molecular flexibility index (Phi) is 4.17. The first-order valence-electron chi connectivity index (χ1n) is 6.98. The van der Waals surface area contributed by atoms with Gasteiger partial charge in [-0.3, -0.25) is 0 Å². The minimum absolute atomic E-state index is 0.0654. The van der Waals surface area contributed by atoms with Gasteiger partial charge in [-0.05, 0) is 36.9 Å². The number of hydrogen-bond acceptors (Lipinski definition) is 3. The number of hydrogen-bond donors (Lipinski definition) is 1. The van der Waals surface area contributed by atoms with Crippen molar-refractivity contribution in [3.05, 3.63) is 58.1 Å². The van der Waals surface area contributed by atoms with E-state index in [1.54, 1.807) is 7.11 Å². The van der Waals surface area contributed by atoms with Crippen LogP contribution in [-0.4, -0.2) is 20.3 Å². The molecule has 1 N–H and O–H groups in total. The second-order valence-corrected chi connectivity index (χ2v) is 6.04. The molecule has 0 bridgehead atoms. The maximum Gasteiger partial charge on any atom is 0.123 e. The van der Waals surface area contributed by atoms with Crippen LogP contribution in [-0.2, 0) is 6.42 Å². The van der Waals surface area contributed by atoms with Crippen LogP contribution in [0.5, 0.6) is 11.5 Å². The summed E-state index contributed by atoms with van der Waals surface area (Å²) in [5.41, 5.74) is 2.36. The van der Waals surface area contributed by atoms with E-state index in [-0.39, 0.29) is 12.1 Å². The molecule has 110 valence electrons. The second-order valence-electron chi connectivity index (χ2n) is 5.12. The molecule has 0 saturated carbocycles. The molecule has 3 rings (SSSR count). The largest absolute Gasteiger partial charge is 0.496 e. The van der Waals surface area contributed by atoms with Crippen molar-refractivity contribution < 1.29 is 9.47 Å². The Morgan fingerprint density at radius 2 is 2.10 bits per heavy atom. The van der Waals surface area contributed by atoms with Gasteiger partial charge in [-0.15, -0.1) is 0 Å². The number of benzene rings is 2. The van der Waals surface area contributed by atoms with Gasteiger partial charge in [0.05, 0.1) is 13.2 Å². The molecule has 0 amide bonds. The first-order valence-corrected chi connectivity index (χ1v) is 7.77. The van der Waals surface area contributed by atoms with E-state index in [0.717, 1.165) is 28.0 Å². The maximum absolute atomic E-state index is 6.12. The molecule has 0 saturated heterocycles. The van der Waals surface area contributed by atoms with E-state index in [2.05, 4.69) is 39.4 Å². The zero-order valence-electron chi connectivity index (χ0n) is 12.1. The summed E-state index contributed by atoms with van der Waals surface area (Å²) in [7, 11) is 3.65. The highest BCUT2D eigenvalue weighted by atomic mass is 79.9. The van der Waals surface area contributed by atoms with Crippen molar-refractivity contribution in [2.75, 3.05) is 14.2 Å². The van der Waals surface area contributed by atoms with Crippen molar-refractivity contribution in [1.82, 2.24) is 5.32 Å². The Hall–Kier alpha value is -1.52. The number of methoxy groups -OCH3 is 1. The summed E-state index contributed by atoms with van der Waals surface area (Å²) in [6, 6.07) is 14.3. The summed E-state index contributed by atoms with van der Waals surface area (Å²) in [6.45, 7) is 0. The van der Waals surface area contributed by atoms with Crippen LogP contribution in [0.15, 0.2) is 46.9 Å². The van der Waals surface area contributed by atoms with Gasteiger partial charge < -0.3 is 14.8 Å². The summed E-state index contributed by atoms with van der Waals surface area (Å²) in [5.74, 6) is 1.86. The van der Waals surface area contributed by atoms with E-state index in [0.29, 0.717) is 0 Å². The number of likely N-dealkylation sites (N-methyl/N-ethyl adjacent to an activating group) is 1. The van der Waals surface area contributed by atoms with Crippen LogP contribution >= 0.6 is 15.9 Å². The van der Waals surface area contributed by atoms with Crippen molar-refractivity contribution in [3.63, 3.8) is 0 Å². The lowest BCUT2D eigenvalue weighted by Gasteiger charge is -2.25. The predicted octanol–water partition coefficient (Wildman–Crippen LogP) is 3.72. The van der Waals surface area contributed by atoms with E-state index in [4.69, 9.17) is 9.47 Å². The Morgan fingerprint density at radius 1 is 1.29 bits per heavy atom. The summed E-state index contributed by atoms with van der Waals surface area (Å²) in [4.78, 5) is 0. The SMILES string of the molecule is CNC(c1cc(Br)ccc1OC)C1Cc2ccccc2O1. The second kappa shape index (κ2) is 6.08. The van der Waals surface area contributed by atoms with Crippen LogP contribution in [0.25, 0.3) is 0 Å². The number of ether oxygens (including phenoxy) is 2. The summed E-state index contributed by atoms with van der Waals surface area (Å²) >= 11 is 3.54. The fourth-order valence-electron chi connectivity index (χ4n) is 2.88. The quantitative estimate of drug-likeness (QED) is 0.914. The minimum atomic E-state index is 0.0654. The molecule has 0 aromatic heterocycles. The molecule has 0 fully saturated rings. The van der Waals surface area contributed by atoms with Crippen LogP contribution < -0.4 is 14.8 Å². The van der Waals surface area contributed by atoms with E-state index in [1.807, 2.05) is 31.3 Å². The molecule has 2 aromatic carbocycles. The molecular formula is C17H18BrNO2. The lowest BCUT2D eigenvalue weighted by atomic mass is 9.97. The molecule has 1 aliphatic rings. The fourth-order valence-corrected chi connectivity index (χ4v) is 3.26. The van der Waals surface area contributed by atoms with Crippen molar-refractivity contribution in [2.24, 2.45) is 0 Å². The summed E-state index contributed by atoms with van der Waals surface area (Å²) < 4.78 is 12.7. The molecule has 3 nitrogen and oxygen atoms in total. The van der Waals surface area contributed by atoms with E-state index in [1.165, 1.54) is 5.56 Å². The van der Waals surface area contributed by atoms with Crippen molar-refractivity contribution >= 4 is 15.9 Å². The van der Waals surface area contributed by atoms with E-state index in [9.17, 15) is 0 Å². The molecule has 21 heavy (non-hydrogen) atoms. The number of para-hydroxylation sites is 1. The lowest BCUT2D eigenvalue weighted by Crippen LogP contribution is -2.33. The van der Waals surface area contributed by atoms with Crippen molar-refractivity contribution in [1.29, 1.82) is 0 Å². The molecule has 2 atom stereocenters. The van der Waals surface area contributed by atoms with Crippen LogP contribution in [0, 0.1) is 0 Å². The van der Waals surface area contributed by atoms with E-state index < -0.39 is 0 Å². The number of rotatable bonds is 4. The maximum atomic E-state index is 6.12. The molecule has 2 aromatic rings. The Bertz CT molecular complexity index is 619. The van der Waals surface area contributed by atoms with Gasteiger partial charge in [0.2, 0.25) is 0 Å². The molecule has 0 spiro atoms. The normalized spacial score (nSPS) is 18.0. The Morgan fingerprint density at radius 3 is 2.81 bits per heavy atom. The van der Waals surface area contributed by atoms with Gasteiger partial charge in [-0.2, -0.15) is 0 Å². The molecule has 0 radical (unpaired) electrons. The Balaban J connectivity index is 1.92. The van der Waals surface area contributed by atoms with Gasteiger partial charge in [0.15, 0.2) is 0 Å². The Labute approximate surface area is 133 Å². The lowest BCUT2D eigenvalue weighted by molar-refractivity contribution is 0.181. The van der Waals surface area contributed by atoms with Crippen LogP contribution in [0.3, 0.4) is 0 Å². The van der Waals surface area contributed by atoms with Gasteiger partial charge in [-0.1, -0.05) is 34.1 Å². The highest BCUT2D eigenvalue weighted by molar-refractivity contribution is 9.10. The molecule has 1 heterocycles. The molecule has 1 aliphatic heterocycles. The van der Waals surface area contributed by atoms with Crippen molar-refractivity contribution in [2.45, 2.75) is 18.6 Å². The topological polar surface area (TPSA) is 30.5 Å². The predicted molar refractivity (Wildman–Crippen MR) is 87.1 cm³/mol. The van der Waals surface area contributed by atoms with Crippen LogP contribution in [0.4, 0.5) is 0 Å². The van der Waals surface area contributed by atoms with E-state index >= 15 is 0 Å². The third kappa shape index (κ3) is 2.78. The third-order valence-electron chi connectivity index (χ3n) is 3.88.